The summed E-state index contributed by atoms with van der Waals surface area (Å²) in [4.78, 5) is 28.3. The lowest BCUT2D eigenvalue weighted by Gasteiger charge is -2.16. The smallest absolute Gasteiger partial charge is 0.282 e. The molecular formula is C27H26N2O3. The van der Waals surface area contributed by atoms with E-state index >= 15 is 0 Å². The average Bonchev–Trinajstić information content (AvgIpc) is 3.07. The zero-order valence-corrected chi connectivity index (χ0v) is 18.3. The zero-order valence-electron chi connectivity index (χ0n) is 18.3. The van der Waals surface area contributed by atoms with Crippen LogP contribution in [0.5, 0.6) is 5.75 Å². The van der Waals surface area contributed by atoms with Gasteiger partial charge in [-0.05, 0) is 48.7 Å². The Balaban J connectivity index is 1.76. The van der Waals surface area contributed by atoms with Crippen LogP contribution in [0.25, 0.3) is 5.57 Å². The molecule has 1 aliphatic heterocycles. The van der Waals surface area contributed by atoms with Crippen LogP contribution < -0.4 is 15.0 Å². The van der Waals surface area contributed by atoms with E-state index in [1.165, 1.54) is 10.5 Å². The number of nitrogens with one attached hydrogen (secondary N) is 1. The van der Waals surface area contributed by atoms with Gasteiger partial charge in [0, 0.05) is 11.3 Å². The van der Waals surface area contributed by atoms with Crippen molar-refractivity contribution in [3.63, 3.8) is 0 Å². The first-order chi connectivity index (χ1) is 15.6. The molecule has 3 aromatic rings. The highest BCUT2D eigenvalue weighted by Crippen LogP contribution is 2.37. The Morgan fingerprint density at radius 1 is 0.844 bits per heavy atom. The molecule has 1 N–H and O–H groups in total. The summed E-state index contributed by atoms with van der Waals surface area (Å²) < 4.78 is 5.49. The van der Waals surface area contributed by atoms with Gasteiger partial charge in [0.05, 0.1) is 18.4 Å². The first kappa shape index (κ1) is 21.4. The minimum Gasteiger partial charge on any atom is -0.496 e. The molecular weight excluding hydrogens is 400 g/mol. The second-order valence-corrected chi connectivity index (χ2v) is 7.66. The fraction of sp³-hybridized carbons (Fsp3) is 0.185. The number of imide groups is 1. The number of aryl methyl sites for hydroxylation is 1. The quantitative estimate of drug-likeness (QED) is 0.488. The number of hydrogen-bond donors (Lipinski definition) is 1. The minimum absolute atomic E-state index is 0.237. The summed E-state index contributed by atoms with van der Waals surface area (Å²) in [7, 11) is 1.55. The number of unbranched alkanes of at least 4 members (excludes halogenated alkanes) is 1. The van der Waals surface area contributed by atoms with Crippen molar-refractivity contribution < 1.29 is 14.3 Å². The SMILES string of the molecule is CCCCc1ccc(N2C(=O)C(Nc3ccccc3)=C(c3ccccc3OC)C2=O)cc1. The number of anilines is 2. The van der Waals surface area contributed by atoms with Gasteiger partial charge in [-0.1, -0.05) is 61.9 Å². The third kappa shape index (κ3) is 4.14. The molecule has 162 valence electrons. The van der Waals surface area contributed by atoms with Crippen molar-refractivity contribution in [3.8, 4) is 5.75 Å². The number of ether oxygens (including phenoxy) is 1. The number of para-hydroxylation sites is 2. The number of carbonyl (C=O) groups excluding carboxylic acids is 2. The number of rotatable bonds is 8. The molecule has 0 bridgehead atoms. The van der Waals surface area contributed by atoms with E-state index in [0.29, 0.717) is 22.6 Å². The van der Waals surface area contributed by atoms with Gasteiger partial charge in [-0.25, -0.2) is 4.90 Å². The molecule has 1 aliphatic rings. The number of nitrogens with zero attached hydrogens (tertiary/aromatic N) is 1. The number of amides is 2. The van der Waals surface area contributed by atoms with E-state index in [9.17, 15) is 9.59 Å². The first-order valence-electron chi connectivity index (χ1n) is 10.8. The number of benzene rings is 3. The molecule has 0 radical (unpaired) electrons. The van der Waals surface area contributed by atoms with Gasteiger partial charge in [-0.2, -0.15) is 0 Å². The standard InChI is InChI=1S/C27H26N2O3/c1-3-4-10-19-15-17-21(18-16-19)29-26(30)24(22-13-8-9-14-23(22)32-2)25(27(29)31)28-20-11-6-5-7-12-20/h5-9,11-18,28H,3-4,10H2,1-2H3. The molecule has 0 saturated carbocycles. The highest BCUT2D eigenvalue weighted by atomic mass is 16.5. The lowest BCUT2D eigenvalue weighted by molar-refractivity contribution is -0.120. The molecule has 0 saturated heterocycles. The molecule has 32 heavy (non-hydrogen) atoms. The molecule has 5 nitrogen and oxygen atoms in total. The van der Waals surface area contributed by atoms with Crippen molar-refractivity contribution in [2.45, 2.75) is 26.2 Å². The molecule has 0 atom stereocenters. The molecule has 0 spiro atoms. The van der Waals surface area contributed by atoms with Gasteiger partial charge in [0.2, 0.25) is 0 Å². The Bertz CT molecular complexity index is 1150. The molecule has 3 aromatic carbocycles. The first-order valence-corrected chi connectivity index (χ1v) is 10.8. The predicted molar refractivity (Wildman–Crippen MR) is 128 cm³/mol. The molecule has 0 unspecified atom stereocenters. The Morgan fingerprint density at radius 3 is 2.22 bits per heavy atom. The third-order valence-electron chi connectivity index (χ3n) is 5.52. The Hall–Kier alpha value is -3.86. The Labute approximate surface area is 188 Å². The van der Waals surface area contributed by atoms with Gasteiger partial charge in [0.1, 0.15) is 11.4 Å². The van der Waals surface area contributed by atoms with Crippen molar-refractivity contribution in [2.24, 2.45) is 0 Å². The van der Waals surface area contributed by atoms with Gasteiger partial charge >= 0.3 is 0 Å². The molecule has 1 heterocycles. The van der Waals surface area contributed by atoms with E-state index in [2.05, 4.69) is 12.2 Å². The maximum atomic E-state index is 13.6. The summed E-state index contributed by atoms with van der Waals surface area (Å²) in [5.74, 6) is -0.229. The van der Waals surface area contributed by atoms with Crippen LogP contribution in [0, 0.1) is 0 Å². The summed E-state index contributed by atoms with van der Waals surface area (Å²) in [5.41, 5.74) is 3.58. The topological polar surface area (TPSA) is 58.6 Å². The fourth-order valence-electron chi connectivity index (χ4n) is 3.84. The molecule has 0 aromatic heterocycles. The molecule has 4 rings (SSSR count). The van der Waals surface area contributed by atoms with Gasteiger partial charge in [-0.3, -0.25) is 9.59 Å². The van der Waals surface area contributed by atoms with Gasteiger partial charge in [0.25, 0.3) is 11.8 Å². The van der Waals surface area contributed by atoms with Crippen LogP contribution in [0.3, 0.4) is 0 Å². The summed E-state index contributed by atoms with van der Waals surface area (Å²) in [6, 6.07) is 24.2. The Kier molecular flexibility index (Phi) is 6.36. The Morgan fingerprint density at radius 2 is 1.53 bits per heavy atom. The molecule has 5 heteroatoms. The van der Waals surface area contributed by atoms with E-state index in [1.54, 1.807) is 19.2 Å². The lowest BCUT2D eigenvalue weighted by atomic mass is 10.0. The summed E-state index contributed by atoms with van der Waals surface area (Å²) in [6.45, 7) is 2.16. The monoisotopic (exact) mass is 426 g/mol. The van der Waals surface area contributed by atoms with Crippen LogP contribution in [0.15, 0.2) is 84.6 Å². The molecule has 2 amide bonds. The maximum absolute atomic E-state index is 13.6. The van der Waals surface area contributed by atoms with E-state index < -0.39 is 0 Å². The van der Waals surface area contributed by atoms with E-state index in [1.807, 2.05) is 66.7 Å². The van der Waals surface area contributed by atoms with E-state index in [0.717, 1.165) is 24.9 Å². The van der Waals surface area contributed by atoms with Crippen LogP contribution in [-0.4, -0.2) is 18.9 Å². The van der Waals surface area contributed by atoms with Crippen molar-refractivity contribution in [1.29, 1.82) is 0 Å². The van der Waals surface area contributed by atoms with Gasteiger partial charge < -0.3 is 10.1 Å². The zero-order chi connectivity index (χ0) is 22.5. The number of carbonyl (C=O) groups is 2. The van der Waals surface area contributed by atoms with Crippen molar-refractivity contribution >= 4 is 28.8 Å². The van der Waals surface area contributed by atoms with Crippen molar-refractivity contribution in [3.05, 3.63) is 95.7 Å². The van der Waals surface area contributed by atoms with Crippen LogP contribution in [0.1, 0.15) is 30.9 Å². The van der Waals surface area contributed by atoms with Gasteiger partial charge in [-0.15, -0.1) is 0 Å². The van der Waals surface area contributed by atoms with Crippen LogP contribution in [-0.2, 0) is 16.0 Å². The maximum Gasteiger partial charge on any atom is 0.282 e. The normalized spacial score (nSPS) is 13.6. The summed E-state index contributed by atoms with van der Waals surface area (Å²) in [6.07, 6.45) is 3.20. The minimum atomic E-state index is -0.388. The summed E-state index contributed by atoms with van der Waals surface area (Å²) >= 11 is 0. The predicted octanol–water partition coefficient (Wildman–Crippen LogP) is 5.43. The van der Waals surface area contributed by atoms with Crippen molar-refractivity contribution in [1.82, 2.24) is 0 Å². The largest absolute Gasteiger partial charge is 0.496 e. The van der Waals surface area contributed by atoms with Crippen LogP contribution >= 0.6 is 0 Å². The molecule has 0 fully saturated rings. The second-order valence-electron chi connectivity index (χ2n) is 7.66. The fourth-order valence-corrected chi connectivity index (χ4v) is 3.84. The molecule has 0 aliphatic carbocycles. The highest BCUT2D eigenvalue weighted by Gasteiger charge is 2.41. The lowest BCUT2D eigenvalue weighted by Crippen LogP contribution is -2.32. The number of methoxy groups -OCH3 is 1. The van der Waals surface area contributed by atoms with Crippen LogP contribution in [0.2, 0.25) is 0 Å². The van der Waals surface area contributed by atoms with E-state index in [-0.39, 0.29) is 17.5 Å². The third-order valence-corrected chi connectivity index (χ3v) is 5.52. The second kappa shape index (κ2) is 9.52. The van der Waals surface area contributed by atoms with E-state index in [4.69, 9.17) is 4.74 Å². The van der Waals surface area contributed by atoms with Crippen molar-refractivity contribution in [2.75, 3.05) is 17.3 Å². The summed E-state index contributed by atoms with van der Waals surface area (Å²) in [5, 5.41) is 3.17. The van der Waals surface area contributed by atoms with Crippen LogP contribution in [0.4, 0.5) is 11.4 Å². The highest BCUT2D eigenvalue weighted by molar-refractivity contribution is 6.46. The van der Waals surface area contributed by atoms with Gasteiger partial charge in [0.15, 0.2) is 0 Å². The number of hydrogen-bond acceptors (Lipinski definition) is 4. The average molecular weight is 427 g/mol.